The van der Waals surface area contributed by atoms with Crippen LogP contribution in [0.5, 0.6) is 11.5 Å². The van der Waals surface area contributed by atoms with E-state index < -0.39 is 5.82 Å². The molecule has 0 aromatic heterocycles. The van der Waals surface area contributed by atoms with Gasteiger partial charge >= 0.3 is 0 Å². The van der Waals surface area contributed by atoms with Gasteiger partial charge in [-0.2, -0.15) is 0 Å². The maximum atomic E-state index is 13.0. The van der Waals surface area contributed by atoms with Crippen molar-refractivity contribution >= 4 is 27.5 Å². The second-order valence-corrected chi connectivity index (χ2v) is 5.23. The van der Waals surface area contributed by atoms with Gasteiger partial charge in [0.1, 0.15) is 17.3 Å². The summed E-state index contributed by atoms with van der Waals surface area (Å²) in [7, 11) is 0. The summed E-state index contributed by atoms with van der Waals surface area (Å²) in [5.74, 6) is 0.675. The predicted molar refractivity (Wildman–Crippen MR) is 78.4 cm³/mol. The minimum atomic E-state index is -0.464. The zero-order chi connectivity index (χ0) is 13.8. The van der Waals surface area contributed by atoms with E-state index in [4.69, 9.17) is 22.1 Å². The zero-order valence-corrected chi connectivity index (χ0v) is 12.3. The first-order valence-electron chi connectivity index (χ1n) is 5.71. The third kappa shape index (κ3) is 3.69. The Balaban J connectivity index is 2.19. The van der Waals surface area contributed by atoms with E-state index in [2.05, 4.69) is 15.9 Å². The molecule has 100 valence electrons. The van der Waals surface area contributed by atoms with Crippen LogP contribution < -0.4 is 10.5 Å². The van der Waals surface area contributed by atoms with Gasteiger partial charge < -0.3 is 10.5 Å². The number of hydrogen-bond acceptors (Lipinski definition) is 2. The molecule has 0 aliphatic heterocycles. The number of benzene rings is 2. The molecular weight excluding hydrogens is 333 g/mol. The van der Waals surface area contributed by atoms with E-state index in [0.717, 1.165) is 16.5 Å². The number of hydrogen-bond donors (Lipinski definition) is 1. The SMILES string of the molecule is NCCc1ccc(Oc2ccc(F)c(Cl)c2)cc1Br. The van der Waals surface area contributed by atoms with Crippen molar-refractivity contribution < 1.29 is 9.13 Å². The van der Waals surface area contributed by atoms with Gasteiger partial charge in [0.05, 0.1) is 5.02 Å². The first-order chi connectivity index (χ1) is 9.10. The molecule has 0 saturated carbocycles. The summed E-state index contributed by atoms with van der Waals surface area (Å²) in [6, 6.07) is 9.88. The number of rotatable bonds is 4. The lowest BCUT2D eigenvalue weighted by Crippen LogP contribution is -2.03. The molecule has 2 rings (SSSR count). The lowest BCUT2D eigenvalue weighted by Gasteiger charge is -2.09. The molecule has 0 heterocycles. The van der Waals surface area contributed by atoms with Crippen LogP contribution in [0.2, 0.25) is 5.02 Å². The molecule has 0 spiro atoms. The van der Waals surface area contributed by atoms with Gasteiger partial charge in [-0.15, -0.1) is 0 Å². The van der Waals surface area contributed by atoms with Crippen LogP contribution in [0.15, 0.2) is 40.9 Å². The topological polar surface area (TPSA) is 35.2 Å². The first kappa shape index (κ1) is 14.3. The fraction of sp³-hybridized carbons (Fsp3) is 0.143. The lowest BCUT2D eigenvalue weighted by atomic mass is 10.1. The predicted octanol–water partition coefficient (Wildman–Crippen LogP) is 4.54. The third-order valence-corrected chi connectivity index (χ3v) is 3.59. The highest BCUT2D eigenvalue weighted by Crippen LogP contribution is 2.29. The average molecular weight is 345 g/mol. The van der Waals surface area contributed by atoms with Crippen LogP contribution >= 0.6 is 27.5 Å². The largest absolute Gasteiger partial charge is 0.457 e. The Hall–Kier alpha value is -1.10. The Labute approximate surface area is 124 Å². The number of halogens is 3. The number of nitrogens with two attached hydrogens (primary N) is 1. The highest BCUT2D eigenvalue weighted by molar-refractivity contribution is 9.10. The second-order valence-electron chi connectivity index (χ2n) is 3.97. The molecule has 0 fully saturated rings. The van der Waals surface area contributed by atoms with Gasteiger partial charge in [-0.1, -0.05) is 33.6 Å². The van der Waals surface area contributed by atoms with E-state index in [1.54, 1.807) is 0 Å². The van der Waals surface area contributed by atoms with Crippen LogP contribution in [0.1, 0.15) is 5.56 Å². The first-order valence-corrected chi connectivity index (χ1v) is 6.88. The van der Waals surface area contributed by atoms with Gasteiger partial charge in [0.2, 0.25) is 0 Å². The smallest absolute Gasteiger partial charge is 0.142 e. The van der Waals surface area contributed by atoms with Gasteiger partial charge in [0.25, 0.3) is 0 Å². The van der Waals surface area contributed by atoms with Crippen LogP contribution in [0.25, 0.3) is 0 Å². The molecule has 19 heavy (non-hydrogen) atoms. The summed E-state index contributed by atoms with van der Waals surface area (Å²) in [6.07, 6.45) is 0.795. The molecule has 0 saturated heterocycles. The molecule has 2 aromatic rings. The molecule has 2 N–H and O–H groups in total. The van der Waals surface area contributed by atoms with E-state index in [1.165, 1.54) is 18.2 Å². The average Bonchev–Trinajstić information content (AvgIpc) is 2.37. The van der Waals surface area contributed by atoms with Crippen molar-refractivity contribution in [2.24, 2.45) is 5.73 Å². The van der Waals surface area contributed by atoms with Crippen LogP contribution in [0.4, 0.5) is 4.39 Å². The molecule has 0 aliphatic carbocycles. The van der Waals surface area contributed by atoms with Crippen LogP contribution in [0, 0.1) is 5.82 Å². The highest BCUT2D eigenvalue weighted by atomic mass is 79.9. The maximum absolute atomic E-state index is 13.0. The Morgan fingerprint density at radius 3 is 2.47 bits per heavy atom. The van der Waals surface area contributed by atoms with Crippen LogP contribution in [-0.2, 0) is 6.42 Å². The molecule has 2 nitrogen and oxygen atoms in total. The summed E-state index contributed by atoms with van der Waals surface area (Å²) in [5.41, 5.74) is 6.64. The maximum Gasteiger partial charge on any atom is 0.142 e. The zero-order valence-electron chi connectivity index (χ0n) is 10.00. The lowest BCUT2D eigenvalue weighted by molar-refractivity contribution is 0.480. The Bertz CT molecular complexity index is 592. The van der Waals surface area contributed by atoms with Crippen molar-refractivity contribution in [3.05, 3.63) is 57.3 Å². The Morgan fingerprint density at radius 2 is 1.84 bits per heavy atom. The van der Waals surface area contributed by atoms with Gasteiger partial charge in [0.15, 0.2) is 0 Å². The quantitative estimate of drug-likeness (QED) is 0.884. The van der Waals surface area contributed by atoms with Crippen molar-refractivity contribution in [3.8, 4) is 11.5 Å². The van der Waals surface area contributed by atoms with Gasteiger partial charge in [-0.05, 0) is 42.8 Å². The highest BCUT2D eigenvalue weighted by Gasteiger charge is 2.05. The van der Waals surface area contributed by atoms with E-state index in [9.17, 15) is 4.39 Å². The standard InChI is InChI=1S/C14H12BrClFNO/c15-12-7-10(2-1-9(12)5-6-18)19-11-3-4-14(17)13(16)8-11/h1-4,7-8H,5-6,18H2. The molecule has 0 radical (unpaired) electrons. The molecule has 0 bridgehead atoms. The van der Waals surface area contributed by atoms with Gasteiger partial charge in [0, 0.05) is 10.5 Å². The molecule has 5 heteroatoms. The summed E-state index contributed by atoms with van der Waals surface area (Å²) in [6.45, 7) is 0.590. The van der Waals surface area contributed by atoms with Crippen LogP contribution in [-0.4, -0.2) is 6.54 Å². The fourth-order valence-electron chi connectivity index (χ4n) is 1.63. The number of ether oxygens (including phenoxy) is 1. The molecular formula is C14H12BrClFNO. The van der Waals surface area contributed by atoms with Crippen molar-refractivity contribution in [3.63, 3.8) is 0 Å². The van der Waals surface area contributed by atoms with E-state index in [1.807, 2.05) is 18.2 Å². The fourth-order valence-corrected chi connectivity index (χ4v) is 2.35. The molecule has 0 aliphatic rings. The van der Waals surface area contributed by atoms with Crippen molar-refractivity contribution in [1.82, 2.24) is 0 Å². The summed E-state index contributed by atoms with van der Waals surface area (Å²) in [5, 5.41) is 0.0383. The Kier molecular flexibility index (Phi) is 4.80. The Morgan fingerprint density at radius 1 is 1.16 bits per heavy atom. The van der Waals surface area contributed by atoms with Crippen molar-refractivity contribution in [2.75, 3.05) is 6.54 Å². The summed E-state index contributed by atoms with van der Waals surface area (Å²) < 4.78 is 19.6. The van der Waals surface area contributed by atoms with Crippen LogP contribution in [0.3, 0.4) is 0 Å². The van der Waals surface area contributed by atoms with Gasteiger partial charge in [-0.3, -0.25) is 0 Å². The minimum Gasteiger partial charge on any atom is -0.457 e. The molecule has 0 amide bonds. The second kappa shape index (κ2) is 6.37. The molecule has 0 atom stereocenters. The van der Waals surface area contributed by atoms with E-state index >= 15 is 0 Å². The third-order valence-electron chi connectivity index (χ3n) is 2.56. The summed E-state index contributed by atoms with van der Waals surface area (Å²) >= 11 is 9.17. The molecule has 0 unspecified atom stereocenters. The van der Waals surface area contributed by atoms with E-state index in [0.29, 0.717) is 18.0 Å². The monoisotopic (exact) mass is 343 g/mol. The summed E-state index contributed by atoms with van der Waals surface area (Å²) in [4.78, 5) is 0. The molecule has 2 aromatic carbocycles. The van der Waals surface area contributed by atoms with E-state index in [-0.39, 0.29) is 5.02 Å². The minimum absolute atomic E-state index is 0.0383. The normalized spacial score (nSPS) is 10.5. The van der Waals surface area contributed by atoms with Crippen molar-refractivity contribution in [1.29, 1.82) is 0 Å². The van der Waals surface area contributed by atoms with Gasteiger partial charge in [-0.25, -0.2) is 4.39 Å². The van der Waals surface area contributed by atoms with Crippen molar-refractivity contribution in [2.45, 2.75) is 6.42 Å².